The second-order valence-electron chi connectivity index (χ2n) is 5.25. The molecule has 2 aliphatic heterocycles. The monoisotopic (exact) mass is 235 g/mol. The average molecular weight is 235 g/mol. The highest BCUT2D eigenvalue weighted by atomic mass is 15.4. The zero-order valence-electron chi connectivity index (χ0n) is 10.3. The van der Waals surface area contributed by atoms with Crippen LogP contribution in [0.2, 0.25) is 0 Å². The van der Waals surface area contributed by atoms with Gasteiger partial charge in [-0.1, -0.05) is 6.92 Å². The van der Waals surface area contributed by atoms with Crippen molar-refractivity contribution in [1.29, 1.82) is 0 Å². The van der Waals surface area contributed by atoms with Crippen LogP contribution >= 0.6 is 0 Å². The van der Waals surface area contributed by atoms with Crippen molar-refractivity contribution in [1.82, 2.24) is 20.4 Å². The Morgan fingerprint density at radius 2 is 2.18 bits per heavy atom. The quantitative estimate of drug-likeness (QED) is 0.702. The Kier molecular flexibility index (Phi) is 3.03. The summed E-state index contributed by atoms with van der Waals surface area (Å²) in [5.41, 5.74) is 0. The fourth-order valence-corrected chi connectivity index (χ4v) is 2.56. The average Bonchev–Trinajstić information content (AvgIpc) is 2.83. The van der Waals surface area contributed by atoms with E-state index in [9.17, 15) is 0 Å². The molecule has 0 saturated carbocycles. The van der Waals surface area contributed by atoms with Crippen molar-refractivity contribution >= 4 is 5.82 Å². The van der Waals surface area contributed by atoms with E-state index in [-0.39, 0.29) is 0 Å². The van der Waals surface area contributed by atoms with Crippen molar-refractivity contribution < 1.29 is 0 Å². The zero-order valence-corrected chi connectivity index (χ0v) is 10.3. The van der Waals surface area contributed by atoms with Gasteiger partial charge in [0.25, 0.3) is 0 Å². The van der Waals surface area contributed by atoms with Crippen molar-refractivity contribution in [2.24, 2.45) is 11.8 Å². The summed E-state index contributed by atoms with van der Waals surface area (Å²) >= 11 is 0. The van der Waals surface area contributed by atoms with Crippen molar-refractivity contribution in [2.75, 3.05) is 38.0 Å². The molecule has 2 fully saturated rings. The minimum Gasteiger partial charge on any atom is -0.370 e. The Bertz CT molecular complexity index is 371. The molecule has 2 saturated heterocycles. The smallest absolute Gasteiger partial charge is 0.124 e. The Balaban J connectivity index is 1.59. The summed E-state index contributed by atoms with van der Waals surface area (Å²) in [4.78, 5) is 0. The van der Waals surface area contributed by atoms with E-state index in [4.69, 9.17) is 0 Å². The zero-order chi connectivity index (χ0) is 11.7. The Labute approximate surface area is 102 Å². The van der Waals surface area contributed by atoms with E-state index in [0.29, 0.717) is 6.04 Å². The molecule has 5 heteroatoms. The highest BCUT2D eigenvalue weighted by Gasteiger charge is 2.24. The van der Waals surface area contributed by atoms with Crippen LogP contribution in [0.5, 0.6) is 0 Å². The molecule has 0 bridgehead atoms. The van der Waals surface area contributed by atoms with Gasteiger partial charge in [-0.3, -0.25) is 0 Å². The normalized spacial score (nSPS) is 29.2. The first-order chi connectivity index (χ1) is 8.34. The van der Waals surface area contributed by atoms with Gasteiger partial charge in [0.15, 0.2) is 0 Å². The van der Waals surface area contributed by atoms with Gasteiger partial charge in [-0.05, 0) is 24.9 Å². The third-order valence-corrected chi connectivity index (χ3v) is 4.00. The molecule has 0 radical (unpaired) electrons. The van der Waals surface area contributed by atoms with Gasteiger partial charge in [-0.15, -0.1) is 0 Å². The predicted octanol–water partition coefficient (Wildman–Crippen LogP) is 0.295. The Morgan fingerprint density at radius 3 is 2.82 bits per heavy atom. The molecule has 1 aromatic rings. The van der Waals surface area contributed by atoms with Gasteiger partial charge in [0.2, 0.25) is 0 Å². The summed E-state index contributed by atoms with van der Waals surface area (Å²) in [7, 11) is 0. The van der Waals surface area contributed by atoms with Crippen molar-refractivity contribution in [2.45, 2.75) is 13.0 Å². The molecular formula is C12H21N5. The summed E-state index contributed by atoms with van der Waals surface area (Å²) in [6.45, 7) is 7.72. The van der Waals surface area contributed by atoms with E-state index >= 15 is 0 Å². The SMILES string of the molecule is CC1CNCC1CNc1ccnn1C1CNC1. The number of hydrogen-bond donors (Lipinski definition) is 3. The van der Waals surface area contributed by atoms with Gasteiger partial charge >= 0.3 is 0 Å². The molecule has 0 spiro atoms. The summed E-state index contributed by atoms with van der Waals surface area (Å²) < 4.78 is 2.11. The molecule has 2 aliphatic rings. The molecule has 94 valence electrons. The maximum absolute atomic E-state index is 4.40. The summed E-state index contributed by atoms with van der Waals surface area (Å²) in [5.74, 6) is 2.66. The van der Waals surface area contributed by atoms with E-state index in [0.717, 1.165) is 50.4 Å². The lowest BCUT2D eigenvalue weighted by molar-refractivity contribution is 0.321. The molecule has 5 nitrogen and oxygen atoms in total. The molecule has 1 aromatic heterocycles. The number of anilines is 1. The predicted molar refractivity (Wildman–Crippen MR) is 68.1 cm³/mol. The lowest BCUT2D eigenvalue weighted by Gasteiger charge is -2.29. The van der Waals surface area contributed by atoms with Crippen LogP contribution in [-0.2, 0) is 0 Å². The molecule has 0 amide bonds. The molecule has 3 rings (SSSR count). The number of hydrogen-bond acceptors (Lipinski definition) is 4. The van der Waals surface area contributed by atoms with Crippen LogP contribution in [0.15, 0.2) is 12.3 Å². The van der Waals surface area contributed by atoms with Crippen LogP contribution in [0.1, 0.15) is 13.0 Å². The number of nitrogens with zero attached hydrogens (tertiary/aromatic N) is 2. The van der Waals surface area contributed by atoms with Gasteiger partial charge in [0, 0.05) is 25.7 Å². The highest BCUT2D eigenvalue weighted by molar-refractivity contribution is 5.35. The van der Waals surface area contributed by atoms with Gasteiger partial charge < -0.3 is 16.0 Å². The Hall–Kier alpha value is -1.07. The summed E-state index contributed by atoms with van der Waals surface area (Å²) in [6.07, 6.45) is 1.89. The molecule has 2 atom stereocenters. The van der Waals surface area contributed by atoms with Crippen LogP contribution in [0.4, 0.5) is 5.82 Å². The van der Waals surface area contributed by atoms with E-state index in [1.54, 1.807) is 0 Å². The molecular weight excluding hydrogens is 214 g/mol. The minimum atomic E-state index is 0.534. The third-order valence-electron chi connectivity index (χ3n) is 4.00. The fourth-order valence-electron chi connectivity index (χ4n) is 2.56. The van der Waals surface area contributed by atoms with Crippen LogP contribution in [0.3, 0.4) is 0 Å². The first-order valence-corrected chi connectivity index (χ1v) is 6.53. The molecule has 2 unspecified atom stereocenters. The molecule has 0 aromatic carbocycles. The number of nitrogens with one attached hydrogen (secondary N) is 3. The van der Waals surface area contributed by atoms with Gasteiger partial charge in [-0.2, -0.15) is 5.10 Å². The fraction of sp³-hybridized carbons (Fsp3) is 0.750. The third kappa shape index (κ3) is 2.17. The maximum Gasteiger partial charge on any atom is 0.124 e. The first kappa shape index (κ1) is 11.0. The van der Waals surface area contributed by atoms with Crippen molar-refractivity contribution in [3.05, 3.63) is 12.3 Å². The largest absolute Gasteiger partial charge is 0.370 e. The van der Waals surface area contributed by atoms with Crippen LogP contribution in [-0.4, -0.2) is 42.5 Å². The highest BCUT2D eigenvalue weighted by Crippen LogP contribution is 2.20. The van der Waals surface area contributed by atoms with E-state index in [1.807, 2.05) is 6.20 Å². The maximum atomic E-state index is 4.40. The minimum absolute atomic E-state index is 0.534. The Morgan fingerprint density at radius 1 is 1.35 bits per heavy atom. The number of aromatic nitrogens is 2. The lowest BCUT2D eigenvalue weighted by atomic mass is 9.98. The summed E-state index contributed by atoms with van der Waals surface area (Å²) in [6, 6.07) is 2.61. The molecule has 3 N–H and O–H groups in total. The van der Waals surface area contributed by atoms with E-state index < -0.39 is 0 Å². The standard InChI is InChI=1S/C12H21N5/c1-9-4-13-5-10(9)6-15-12-2-3-16-17(12)11-7-14-8-11/h2-3,9-11,13-15H,4-8H2,1H3. The molecule has 0 aliphatic carbocycles. The van der Waals surface area contributed by atoms with Crippen LogP contribution in [0, 0.1) is 11.8 Å². The van der Waals surface area contributed by atoms with E-state index in [2.05, 4.69) is 38.7 Å². The van der Waals surface area contributed by atoms with Gasteiger partial charge in [0.05, 0.1) is 12.2 Å². The van der Waals surface area contributed by atoms with Crippen molar-refractivity contribution in [3.8, 4) is 0 Å². The lowest BCUT2D eigenvalue weighted by Crippen LogP contribution is -2.44. The molecule has 17 heavy (non-hydrogen) atoms. The van der Waals surface area contributed by atoms with Crippen molar-refractivity contribution in [3.63, 3.8) is 0 Å². The van der Waals surface area contributed by atoms with Gasteiger partial charge in [-0.25, -0.2) is 4.68 Å². The topological polar surface area (TPSA) is 53.9 Å². The van der Waals surface area contributed by atoms with Gasteiger partial charge in [0.1, 0.15) is 5.82 Å². The summed E-state index contributed by atoms with van der Waals surface area (Å²) in [5, 5.41) is 14.7. The molecule has 3 heterocycles. The van der Waals surface area contributed by atoms with E-state index in [1.165, 1.54) is 0 Å². The van der Waals surface area contributed by atoms with Crippen LogP contribution in [0.25, 0.3) is 0 Å². The number of rotatable bonds is 4. The second kappa shape index (κ2) is 4.66. The second-order valence-corrected chi connectivity index (χ2v) is 5.25. The van der Waals surface area contributed by atoms with Crippen LogP contribution < -0.4 is 16.0 Å². The first-order valence-electron chi connectivity index (χ1n) is 6.53.